The maximum Gasteiger partial charge on any atom is 0.0517 e. The van der Waals surface area contributed by atoms with Gasteiger partial charge < -0.3 is 4.90 Å². The van der Waals surface area contributed by atoms with Crippen molar-refractivity contribution in [2.45, 2.75) is 19.3 Å². The molecule has 1 nitrogen and oxygen atoms in total. The first-order valence-electron chi connectivity index (χ1n) is 8.63. The van der Waals surface area contributed by atoms with Gasteiger partial charge in [0, 0.05) is 21.4 Å². The first-order valence-corrected chi connectivity index (χ1v) is 9.51. The van der Waals surface area contributed by atoms with Gasteiger partial charge in [-0.15, -0.1) is 11.3 Å². The zero-order chi connectivity index (χ0) is 17.0. The summed E-state index contributed by atoms with van der Waals surface area (Å²) in [6.07, 6.45) is 0. The SMILES string of the molecule is CC1(C)c2ccccc2N(c2ccccc2)c2ccc3ccsc3c21. The number of thiophene rings is 1. The Morgan fingerprint density at radius 2 is 1.52 bits per heavy atom. The molecule has 0 saturated heterocycles. The Morgan fingerprint density at radius 1 is 0.760 bits per heavy atom. The first kappa shape index (κ1) is 14.7. The largest absolute Gasteiger partial charge is 0.310 e. The summed E-state index contributed by atoms with van der Waals surface area (Å²) >= 11 is 1.85. The molecule has 3 aromatic carbocycles. The van der Waals surface area contributed by atoms with Gasteiger partial charge in [0.1, 0.15) is 0 Å². The minimum atomic E-state index is -0.0262. The van der Waals surface area contributed by atoms with Crippen LogP contribution in [0.25, 0.3) is 10.1 Å². The van der Waals surface area contributed by atoms with E-state index in [-0.39, 0.29) is 5.41 Å². The monoisotopic (exact) mass is 341 g/mol. The molecule has 0 aliphatic carbocycles. The molecule has 0 N–H and O–H groups in total. The molecule has 5 rings (SSSR count). The van der Waals surface area contributed by atoms with Gasteiger partial charge in [0.2, 0.25) is 0 Å². The van der Waals surface area contributed by atoms with E-state index < -0.39 is 0 Å². The first-order chi connectivity index (χ1) is 12.2. The summed E-state index contributed by atoms with van der Waals surface area (Å²) in [6, 6.07) is 26.3. The Kier molecular flexibility index (Phi) is 3.07. The lowest BCUT2D eigenvalue weighted by Crippen LogP contribution is -2.30. The molecular weight excluding hydrogens is 322 g/mol. The van der Waals surface area contributed by atoms with Crippen molar-refractivity contribution in [1.29, 1.82) is 0 Å². The molecular formula is C23H19NS. The van der Waals surface area contributed by atoms with Crippen molar-refractivity contribution in [2.75, 3.05) is 4.90 Å². The van der Waals surface area contributed by atoms with Crippen LogP contribution in [0.5, 0.6) is 0 Å². The van der Waals surface area contributed by atoms with Gasteiger partial charge in [-0.1, -0.05) is 56.3 Å². The molecule has 0 unspecified atom stereocenters. The molecule has 0 bridgehead atoms. The molecule has 2 heterocycles. The van der Waals surface area contributed by atoms with E-state index in [9.17, 15) is 0 Å². The van der Waals surface area contributed by atoms with Gasteiger partial charge in [0.05, 0.1) is 11.4 Å². The second-order valence-corrected chi connectivity index (χ2v) is 8.03. The Balaban J connectivity index is 1.91. The van der Waals surface area contributed by atoms with Crippen LogP contribution < -0.4 is 4.90 Å². The van der Waals surface area contributed by atoms with E-state index >= 15 is 0 Å². The van der Waals surface area contributed by atoms with Crippen LogP contribution in [0.4, 0.5) is 17.1 Å². The van der Waals surface area contributed by atoms with Crippen LogP contribution in [-0.4, -0.2) is 0 Å². The standard InChI is InChI=1S/C23H19NS/c1-23(2)18-10-6-7-11-19(18)24(17-8-4-3-5-9-17)20-13-12-16-14-15-25-22(16)21(20)23/h3-15H,1-2H3. The zero-order valence-electron chi connectivity index (χ0n) is 14.4. The molecule has 0 fully saturated rings. The van der Waals surface area contributed by atoms with Crippen molar-refractivity contribution in [1.82, 2.24) is 0 Å². The molecule has 1 aromatic heterocycles. The molecule has 0 saturated carbocycles. The van der Waals surface area contributed by atoms with Crippen LogP contribution in [0.1, 0.15) is 25.0 Å². The van der Waals surface area contributed by atoms with Crippen LogP contribution in [0, 0.1) is 0 Å². The van der Waals surface area contributed by atoms with Gasteiger partial charge in [-0.05, 0) is 46.7 Å². The maximum atomic E-state index is 2.41. The third-order valence-corrected chi connectivity index (χ3v) is 6.25. The zero-order valence-corrected chi connectivity index (χ0v) is 15.2. The van der Waals surface area contributed by atoms with E-state index in [1.807, 2.05) is 11.3 Å². The highest BCUT2D eigenvalue weighted by Crippen LogP contribution is 2.54. The number of hydrogen-bond acceptors (Lipinski definition) is 2. The number of nitrogens with zero attached hydrogens (tertiary/aromatic N) is 1. The second-order valence-electron chi connectivity index (χ2n) is 7.11. The van der Waals surface area contributed by atoms with Crippen LogP contribution in [0.3, 0.4) is 0 Å². The summed E-state index contributed by atoms with van der Waals surface area (Å²) < 4.78 is 1.40. The van der Waals surface area contributed by atoms with Crippen molar-refractivity contribution in [3.05, 3.63) is 89.3 Å². The third kappa shape index (κ3) is 2.01. The van der Waals surface area contributed by atoms with Gasteiger partial charge in [-0.2, -0.15) is 0 Å². The number of fused-ring (bicyclic) bond motifs is 4. The van der Waals surface area contributed by atoms with Gasteiger partial charge >= 0.3 is 0 Å². The molecule has 25 heavy (non-hydrogen) atoms. The number of benzene rings is 3. The van der Waals surface area contributed by atoms with Crippen LogP contribution >= 0.6 is 11.3 Å². The second kappa shape index (κ2) is 5.21. The highest BCUT2D eigenvalue weighted by molar-refractivity contribution is 7.17. The van der Waals surface area contributed by atoms with E-state index in [1.54, 1.807) is 0 Å². The summed E-state index contributed by atoms with van der Waals surface area (Å²) in [5, 5.41) is 3.54. The summed E-state index contributed by atoms with van der Waals surface area (Å²) in [4.78, 5) is 2.41. The molecule has 0 amide bonds. The summed E-state index contributed by atoms with van der Waals surface area (Å²) in [7, 11) is 0. The molecule has 122 valence electrons. The van der Waals surface area contributed by atoms with E-state index in [0.29, 0.717) is 0 Å². The highest BCUT2D eigenvalue weighted by Gasteiger charge is 2.38. The highest BCUT2D eigenvalue weighted by atomic mass is 32.1. The normalized spacial score (nSPS) is 15.0. The fourth-order valence-corrected chi connectivity index (χ4v) is 5.23. The van der Waals surface area contributed by atoms with E-state index in [0.717, 1.165) is 0 Å². The fourth-order valence-electron chi connectivity index (χ4n) is 4.13. The van der Waals surface area contributed by atoms with Gasteiger partial charge in [0.25, 0.3) is 0 Å². The molecule has 4 aromatic rings. The Morgan fingerprint density at radius 3 is 2.36 bits per heavy atom. The predicted octanol–water partition coefficient (Wildman–Crippen LogP) is 7.01. The maximum absolute atomic E-state index is 2.41. The average molecular weight is 341 g/mol. The third-order valence-electron chi connectivity index (χ3n) is 5.30. The van der Waals surface area contributed by atoms with E-state index in [1.165, 1.54) is 38.3 Å². The molecule has 1 aliphatic rings. The smallest absolute Gasteiger partial charge is 0.0517 e. The lowest BCUT2D eigenvalue weighted by Gasteiger charge is -2.42. The Hall–Kier alpha value is -2.58. The summed E-state index contributed by atoms with van der Waals surface area (Å²) in [5.74, 6) is 0. The Labute approximate surface area is 152 Å². The number of rotatable bonds is 1. The Bertz CT molecular complexity index is 1080. The molecule has 2 heteroatoms. The van der Waals surface area contributed by atoms with Gasteiger partial charge in [0.15, 0.2) is 0 Å². The van der Waals surface area contributed by atoms with Gasteiger partial charge in [-0.25, -0.2) is 0 Å². The summed E-state index contributed by atoms with van der Waals surface area (Å²) in [5.41, 5.74) is 6.58. The van der Waals surface area contributed by atoms with Crippen LogP contribution in [0.15, 0.2) is 78.2 Å². The van der Waals surface area contributed by atoms with Crippen molar-refractivity contribution in [2.24, 2.45) is 0 Å². The minimum Gasteiger partial charge on any atom is -0.310 e. The van der Waals surface area contributed by atoms with Crippen molar-refractivity contribution >= 4 is 38.5 Å². The molecule has 0 atom stereocenters. The number of anilines is 3. The van der Waals surface area contributed by atoms with Crippen molar-refractivity contribution in [3.8, 4) is 0 Å². The lowest BCUT2D eigenvalue weighted by molar-refractivity contribution is 0.639. The molecule has 0 spiro atoms. The van der Waals surface area contributed by atoms with E-state index in [4.69, 9.17) is 0 Å². The number of para-hydroxylation sites is 2. The quantitative estimate of drug-likeness (QED) is 0.360. The van der Waals surface area contributed by atoms with Gasteiger partial charge in [-0.3, -0.25) is 0 Å². The van der Waals surface area contributed by atoms with Crippen LogP contribution in [-0.2, 0) is 5.41 Å². The lowest BCUT2D eigenvalue weighted by atomic mass is 9.73. The van der Waals surface area contributed by atoms with Crippen molar-refractivity contribution in [3.63, 3.8) is 0 Å². The summed E-state index contributed by atoms with van der Waals surface area (Å²) in [6.45, 7) is 4.71. The van der Waals surface area contributed by atoms with Crippen LogP contribution in [0.2, 0.25) is 0 Å². The average Bonchev–Trinajstić information content (AvgIpc) is 3.11. The topological polar surface area (TPSA) is 3.24 Å². The fraction of sp³-hybridized carbons (Fsp3) is 0.130. The predicted molar refractivity (Wildman–Crippen MR) is 109 cm³/mol. The van der Waals surface area contributed by atoms with E-state index in [2.05, 4.69) is 96.9 Å². The molecule has 0 radical (unpaired) electrons. The molecule has 1 aliphatic heterocycles. The van der Waals surface area contributed by atoms with Crippen molar-refractivity contribution < 1.29 is 0 Å². The minimum absolute atomic E-state index is 0.0262. The number of hydrogen-bond donors (Lipinski definition) is 0.